The summed E-state index contributed by atoms with van der Waals surface area (Å²) in [5.74, 6) is 0.825. The summed E-state index contributed by atoms with van der Waals surface area (Å²) in [5, 5.41) is 0. The molecule has 0 atom stereocenters. The molecule has 1 aromatic rings. The van der Waals surface area contributed by atoms with Crippen LogP contribution in [0.2, 0.25) is 0 Å². The van der Waals surface area contributed by atoms with Crippen LogP contribution in [0.25, 0.3) is 12.2 Å². The van der Waals surface area contributed by atoms with Gasteiger partial charge in [-0.2, -0.15) is 4.73 Å². The Morgan fingerprint density at radius 3 is 2.69 bits per heavy atom. The van der Waals surface area contributed by atoms with Crippen molar-refractivity contribution in [1.29, 1.82) is 0 Å². The molecule has 0 aliphatic carbocycles. The Kier molecular flexibility index (Phi) is 2.90. The largest absolute Gasteiger partial charge is 0.415 e. The number of nitrogens with zero attached hydrogens (tertiary/aromatic N) is 2. The van der Waals surface area contributed by atoms with Crippen molar-refractivity contribution in [3.63, 3.8) is 0 Å². The average molecular weight is 178 g/mol. The van der Waals surface area contributed by atoms with Crippen molar-refractivity contribution in [2.24, 2.45) is 0 Å². The molecule has 0 unspecified atom stereocenters. The third-order valence-corrected chi connectivity index (χ3v) is 1.76. The lowest BCUT2D eigenvalue weighted by Gasteiger charge is -2.03. The maximum Gasteiger partial charge on any atom is 0.143 e. The normalized spacial score (nSPS) is 10.7. The minimum absolute atomic E-state index is 0.825. The van der Waals surface area contributed by atoms with Crippen molar-refractivity contribution in [1.82, 2.24) is 9.71 Å². The van der Waals surface area contributed by atoms with Gasteiger partial charge in [-0.15, -0.1) is 0 Å². The minimum Gasteiger partial charge on any atom is -0.415 e. The fourth-order valence-corrected chi connectivity index (χ4v) is 1.25. The maximum atomic E-state index is 5.14. The Hall–Kier alpha value is -1.51. The zero-order valence-corrected chi connectivity index (χ0v) is 8.24. The molecule has 0 aliphatic rings. The van der Waals surface area contributed by atoms with E-state index in [1.54, 1.807) is 17.9 Å². The molecule has 0 saturated carbocycles. The SMILES string of the molecule is C=Cc1c(/C=C\C)nc(C)n1OC. The molecule has 0 fully saturated rings. The molecule has 70 valence electrons. The second kappa shape index (κ2) is 3.94. The lowest BCUT2D eigenvalue weighted by molar-refractivity contribution is 0.159. The first-order valence-corrected chi connectivity index (χ1v) is 4.13. The van der Waals surface area contributed by atoms with E-state index in [2.05, 4.69) is 11.6 Å². The van der Waals surface area contributed by atoms with Crippen LogP contribution in [0.4, 0.5) is 0 Å². The molecule has 0 radical (unpaired) electrons. The average Bonchev–Trinajstić information content (AvgIpc) is 2.41. The zero-order valence-electron chi connectivity index (χ0n) is 8.24. The highest BCUT2D eigenvalue weighted by atomic mass is 16.6. The fraction of sp³-hybridized carbons (Fsp3) is 0.300. The van der Waals surface area contributed by atoms with Crippen LogP contribution in [0.5, 0.6) is 0 Å². The molecule has 3 heteroatoms. The van der Waals surface area contributed by atoms with Crippen molar-refractivity contribution < 1.29 is 4.84 Å². The van der Waals surface area contributed by atoms with E-state index in [0.29, 0.717) is 0 Å². The molecule has 0 aliphatic heterocycles. The van der Waals surface area contributed by atoms with Gasteiger partial charge < -0.3 is 4.84 Å². The predicted octanol–water partition coefficient (Wildman–Crippen LogP) is 1.93. The molecule has 0 spiro atoms. The van der Waals surface area contributed by atoms with Crippen LogP contribution in [-0.2, 0) is 0 Å². The third kappa shape index (κ3) is 1.64. The lowest BCUT2D eigenvalue weighted by atomic mass is 10.3. The van der Waals surface area contributed by atoms with Gasteiger partial charge in [-0.1, -0.05) is 12.7 Å². The molecule has 3 nitrogen and oxygen atoms in total. The summed E-state index contributed by atoms with van der Waals surface area (Å²) in [5.41, 5.74) is 1.77. The van der Waals surface area contributed by atoms with Gasteiger partial charge in [-0.3, -0.25) is 0 Å². The van der Waals surface area contributed by atoms with Crippen LogP contribution < -0.4 is 4.84 Å². The topological polar surface area (TPSA) is 27.1 Å². The fourth-order valence-electron chi connectivity index (χ4n) is 1.25. The number of hydrogen-bond acceptors (Lipinski definition) is 2. The second-order valence-electron chi connectivity index (χ2n) is 2.61. The molecule has 0 bridgehead atoms. The van der Waals surface area contributed by atoms with Gasteiger partial charge in [0.05, 0.1) is 5.69 Å². The summed E-state index contributed by atoms with van der Waals surface area (Å²) < 4.78 is 1.66. The second-order valence-corrected chi connectivity index (χ2v) is 2.61. The highest BCUT2D eigenvalue weighted by Gasteiger charge is 2.09. The van der Waals surface area contributed by atoms with Crippen LogP contribution in [0.15, 0.2) is 12.7 Å². The monoisotopic (exact) mass is 178 g/mol. The molecule has 1 aromatic heterocycles. The van der Waals surface area contributed by atoms with Crippen molar-refractivity contribution >= 4 is 12.2 Å². The van der Waals surface area contributed by atoms with Gasteiger partial charge in [0.2, 0.25) is 0 Å². The Morgan fingerprint density at radius 1 is 1.54 bits per heavy atom. The number of aromatic nitrogens is 2. The van der Waals surface area contributed by atoms with Gasteiger partial charge in [0.1, 0.15) is 18.6 Å². The van der Waals surface area contributed by atoms with Gasteiger partial charge in [0.15, 0.2) is 0 Å². The van der Waals surface area contributed by atoms with E-state index in [9.17, 15) is 0 Å². The van der Waals surface area contributed by atoms with E-state index in [-0.39, 0.29) is 0 Å². The molecule has 0 saturated heterocycles. The first kappa shape index (κ1) is 9.58. The number of aryl methyl sites for hydroxylation is 1. The van der Waals surface area contributed by atoms with Gasteiger partial charge in [-0.25, -0.2) is 4.98 Å². The quantitative estimate of drug-likeness (QED) is 0.707. The number of hydrogen-bond donors (Lipinski definition) is 0. The van der Waals surface area contributed by atoms with Crippen LogP contribution >= 0.6 is 0 Å². The Balaban J connectivity index is 3.29. The molecule has 0 aromatic carbocycles. The van der Waals surface area contributed by atoms with Crippen molar-refractivity contribution in [2.45, 2.75) is 13.8 Å². The van der Waals surface area contributed by atoms with E-state index in [0.717, 1.165) is 17.2 Å². The summed E-state index contributed by atoms with van der Waals surface area (Å²) in [7, 11) is 1.61. The van der Waals surface area contributed by atoms with E-state index >= 15 is 0 Å². The molecule has 1 heterocycles. The van der Waals surface area contributed by atoms with Crippen LogP contribution in [-0.4, -0.2) is 16.8 Å². The minimum atomic E-state index is 0.825. The summed E-state index contributed by atoms with van der Waals surface area (Å²) in [6.45, 7) is 7.57. The Labute approximate surface area is 78.3 Å². The van der Waals surface area contributed by atoms with Crippen LogP contribution in [0.1, 0.15) is 24.1 Å². The number of rotatable bonds is 3. The zero-order chi connectivity index (χ0) is 9.84. The van der Waals surface area contributed by atoms with Crippen LogP contribution in [0, 0.1) is 6.92 Å². The summed E-state index contributed by atoms with van der Waals surface area (Å²) in [4.78, 5) is 9.46. The summed E-state index contributed by atoms with van der Waals surface area (Å²) in [6.07, 6.45) is 5.60. The first-order chi connectivity index (χ1) is 6.24. The summed E-state index contributed by atoms with van der Waals surface area (Å²) >= 11 is 0. The third-order valence-electron chi connectivity index (χ3n) is 1.76. The van der Waals surface area contributed by atoms with E-state index < -0.39 is 0 Å². The predicted molar refractivity (Wildman–Crippen MR) is 54.3 cm³/mol. The van der Waals surface area contributed by atoms with E-state index in [1.165, 1.54) is 0 Å². The molecule has 13 heavy (non-hydrogen) atoms. The highest BCUT2D eigenvalue weighted by Crippen LogP contribution is 2.12. The molecule has 0 N–H and O–H groups in total. The highest BCUT2D eigenvalue weighted by molar-refractivity contribution is 5.59. The number of imidazole rings is 1. The van der Waals surface area contributed by atoms with Crippen LogP contribution in [0.3, 0.4) is 0 Å². The van der Waals surface area contributed by atoms with Gasteiger partial charge in [0, 0.05) is 0 Å². The Morgan fingerprint density at radius 2 is 2.23 bits per heavy atom. The standard InChI is InChI=1S/C10H14N2O/c1-5-7-9-10(6-2)12(13-4)8(3)11-9/h5-7H,2H2,1,3-4H3/b7-5-. The lowest BCUT2D eigenvalue weighted by Crippen LogP contribution is -2.09. The number of allylic oxidation sites excluding steroid dienone is 1. The smallest absolute Gasteiger partial charge is 0.143 e. The van der Waals surface area contributed by atoms with Gasteiger partial charge >= 0.3 is 0 Å². The van der Waals surface area contributed by atoms with Crippen molar-refractivity contribution in [2.75, 3.05) is 7.11 Å². The summed E-state index contributed by atoms with van der Waals surface area (Å²) in [6, 6.07) is 0. The van der Waals surface area contributed by atoms with E-state index in [1.807, 2.05) is 26.0 Å². The molecular weight excluding hydrogens is 164 g/mol. The maximum absolute atomic E-state index is 5.14. The van der Waals surface area contributed by atoms with E-state index in [4.69, 9.17) is 4.84 Å². The van der Waals surface area contributed by atoms with Crippen molar-refractivity contribution in [3.05, 3.63) is 29.9 Å². The molecule has 1 rings (SSSR count). The first-order valence-electron chi connectivity index (χ1n) is 4.13. The van der Waals surface area contributed by atoms with Crippen molar-refractivity contribution in [3.8, 4) is 0 Å². The van der Waals surface area contributed by atoms with Gasteiger partial charge in [-0.05, 0) is 26.0 Å². The Bertz CT molecular complexity index is 337. The molecule has 0 amide bonds. The van der Waals surface area contributed by atoms with Gasteiger partial charge in [0.25, 0.3) is 0 Å². The molecular formula is C10H14N2O.